The van der Waals surface area contributed by atoms with Crippen molar-refractivity contribution in [3.05, 3.63) is 29.6 Å². The Bertz CT molecular complexity index is 493. The van der Waals surface area contributed by atoms with E-state index in [1.807, 2.05) is 0 Å². The van der Waals surface area contributed by atoms with Crippen molar-refractivity contribution in [2.24, 2.45) is 0 Å². The Labute approximate surface area is 116 Å². The maximum atomic E-state index is 12.9. The first-order valence-corrected chi connectivity index (χ1v) is 5.98. The maximum absolute atomic E-state index is 12.9. The van der Waals surface area contributed by atoms with Gasteiger partial charge < -0.3 is 20.5 Å². The zero-order valence-corrected chi connectivity index (χ0v) is 11.3. The van der Waals surface area contributed by atoms with Gasteiger partial charge in [0.15, 0.2) is 6.10 Å². The maximum Gasteiger partial charge on any atom is 0.341 e. The fourth-order valence-corrected chi connectivity index (χ4v) is 1.42. The van der Waals surface area contributed by atoms with Gasteiger partial charge in [-0.1, -0.05) is 0 Å². The van der Waals surface area contributed by atoms with Crippen LogP contribution in [0.3, 0.4) is 0 Å². The Morgan fingerprint density at radius 1 is 1.45 bits per heavy atom. The molecular weight excluding hydrogens is 267 g/mol. The van der Waals surface area contributed by atoms with E-state index in [4.69, 9.17) is 15.2 Å². The molecule has 1 rings (SSSR count). The molecule has 0 aliphatic carbocycles. The van der Waals surface area contributed by atoms with Crippen LogP contribution in [0.2, 0.25) is 0 Å². The van der Waals surface area contributed by atoms with Crippen LogP contribution >= 0.6 is 0 Å². The van der Waals surface area contributed by atoms with Gasteiger partial charge in [0, 0.05) is 19.3 Å². The number of benzene rings is 1. The predicted octanol–water partition coefficient (Wildman–Crippen LogP) is 0.716. The van der Waals surface area contributed by atoms with Crippen molar-refractivity contribution in [2.75, 3.05) is 26.0 Å². The highest BCUT2D eigenvalue weighted by Gasteiger charge is 2.20. The first-order chi connectivity index (χ1) is 9.45. The van der Waals surface area contributed by atoms with Crippen LogP contribution in [0.15, 0.2) is 18.2 Å². The molecule has 0 unspecified atom stereocenters. The molecule has 0 heterocycles. The van der Waals surface area contributed by atoms with Gasteiger partial charge in [-0.15, -0.1) is 0 Å². The molecule has 0 aromatic heterocycles. The number of ether oxygens (including phenoxy) is 2. The normalized spacial score (nSPS) is 11.8. The Hall–Kier alpha value is -2.15. The van der Waals surface area contributed by atoms with E-state index in [1.54, 1.807) is 0 Å². The summed E-state index contributed by atoms with van der Waals surface area (Å²) in [4.78, 5) is 23.4. The van der Waals surface area contributed by atoms with Gasteiger partial charge in [-0.2, -0.15) is 0 Å². The summed E-state index contributed by atoms with van der Waals surface area (Å²) in [5.74, 6) is -1.78. The molecule has 0 aliphatic rings. The number of hydrogen-bond acceptors (Lipinski definition) is 5. The lowest BCUT2D eigenvalue weighted by molar-refractivity contribution is -0.129. The number of halogens is 1. The summed E-state index contributed by atoms with van der Waals surface area (Å²) >= 11 is 0. The second-order valence-corrected chi connectivity index (χ2v) is 4.06. The van der Waals surface area contributed by atoms with Gasteiger partial charge in [0.1, 0.15) is 5.82 Å². The van der Waals surface area contributed by atoms with E-state index in [-0.39, 0.29) is 11.3 Å². The molecule has 0 bridgehead atoms. The van der Waals surface area contributed by atoms with Crippen molar-refractivity contribution in [1.29, 1.82) is 0 Å². The lowest BCUT2D eigenvalue weighted by atomic mass is 10.2. The van der Waals surface area contributed by atoms with Gasteiger partial charge in [0.25, 0.3) is 5.91 Å². The third kappa shape index (κ3) is 4.51. The molecule has 1 aromatic rings. The predicted molar refractivity (Wildman–Crippen MR) is 70.6 cm³/mol. The number of carbonyl (C=O) groups is 2. The fourth-order valence-electron chi connectivity index (χ4n) is 1.42. The quantitative estimate of drug-likeness (QED) is 0.456. The third-order valence-corrected chi connectivity index (χ3v) is 2.49. The van der Waals surface area contributed by atoms with Crippen molar-refractivity contribution in [1.82, 2.24) is 5.32 Å². The second kappa shape index (κ2) is 7.44. The summed E-state index contributed by atoms with van der Waals surface area (Å²) in [5, 5.41) is 2.53. The van der Waals surface area contributed by atoms with Crippen LogP contribution in [0.25, 0.3) is 0 Å². The summed E-state index contributed by atoms with van der Waals surface area (Å²) in [7, 11) is 1.51. The lowest BCUT2D eigenvalue weighted by Gasteiger charge is -2.14. The van der Waals surface area contributed by atoms with Crippen molar-refractivity contribution in [2.45, 2.75) is 13.0 Å². The minimum absolute atomic E-state index is 0.0166. The number of nitrogens with two attached hydrogens (primary N) is 1. The standard InChI is InChI=1S/C13H17FN2O4/c1-8(12(17)16-5-6-19-2)20-13(18)10-4-3-9(14)7-11(10)15/h3-4,7-8H,5-6,15H2,1-2H3,(H,16,17)/t8-/m0/s1. The van der Waals surface area contributed by atoms with E-state index < -0.39 is 23.8 Å². The van der Waals surface area contributed by atoms with Crippen molar-refractivity contribution >= 4 is 17.6 Å². The molecule has 3 N–H and O–H groups in total. The van der Waals surface area contributed by atoms with E-state index >= 15 is 0 Å². The zero-order chi connectivity index (χ0) is 15.1. The van der Waals surface area contributed by atoms with Crippen LogP contribution in [0.4, 0.5) is 10.1 Å². The van der Waals surface area contributed by atoms with Gasteiger partial charge >= 0.3 is 5.97 Å². The second-order valence-electron chi connectivity index (χ2n) is 4.06. The van der Waals surface area contributed by atoms with Gasteiger partial charge in [0.05, 0.1) is 12.2 Å². The number of nitrogens with one attached hydrogen (secondary N) is 1. The highest BCUT2D eigenvalue weighted by molar-refractivity contribution is 5.96. The number of esters is 1. The van der Waals surface area contributed by atoms with Gasteiger partial charge in [-0.05, 0) is 25.1 Å². The first-order valence-electron chi connectivity index (χ1n) is 5.98. The van der Waals surface area contributed by atoms with Crippen LogP contribution < -0.4 is 11.1 Å². The molecule has 1 atom stereocenters. The molecule has 1 aromatic carbocycles. The molecule has 0 saturated carbocycles. The van der Waals surface area contributed by atoms with Crippen molar-refractivity contribution in [3.63, 3.8) is 0 Å². The highest BCUT2D eigenvalue weighted by Crippen LogP contribution is 2.15. The molecule has 7 heteroatoms. The summed E-state index contributed by atoms with van der Waals surface area (Å²) in [6.07, 6.45) is -0.983. The molecule has 6 nitrogen and oxygen atoms in total. The van der Waals surface area contributed by atoms with Crippen LogP contribution in [0.1, 0.15) is 17.3 Å². The number of methoxy groups -OCH3 is 1. The van der Waals surface area contributed by atoms with Gasteiger partial charge in [0.2, 0.25) is 0 Å². The molecule has 0 fully saturated rings. The highest BCUT2D eigenvalue weighted by atomic mass is 19.1. The fraction of sp³-hybridized carbons (Fsp3) is 0.385. The van der Waals surface area contributed by atoms with E-state index in [9.17, 15) is 14.0 Å². The smallest absolute Gasteiger partial charge is 0.341 e. The average Bonchev–Trinajstić information content (AvgIpc) is 2.38. The molecule has 0 radical (unpaired) electrons. The Morgan fingerprint density at radius 3 is 2.75 bits per heavy atom. The lowest BCUT2D eigenvalue weighted by Crippen LogP contribution is -2.37. The van der Waals surface area contributed by atoms with Crippen LogP contribution in [-0.2, 0) is 14.3 Å². The van der Waals surface area contributed by atoms with Crippen LogP contribution in [-0.4, -0.2) is 38.2 Å². The third-order valence-electron chi connectivity index (χ3n) is 2.49. The van der Waals surface area contributed by atoms with Crippen LogP contribution in [0, 0.1) is 5.82 Å². The number of anilines is 1. The molecule has 110 valence electrons. The summed E-state index contributed by atoms with van der Waals surface area (Å²) in [6, 6.07) is 3.32. The molecule has 1 amide bonds. The minimum Gasteiger partial charge on any atom is -0.449 e. The Balaban J connectivity index is 2.58. The number of amides is 1. The summed E-state index contributed by atoms with van der Waals surface area (Å²) < 4.78 is 22.6. The summed E-state index contributed by atoms with van der Waals surface area (Å²) in [5.41, 5.74) is 5.49. The van der Waals surface area contributed by atoms with Crippen molar-refractivity contribution in [3.8, 4) is 0 Å². The number of rotatable bonds is 6. The number of nitrogen functional groups attached to an aromatic ring is 1. The average molecular weight is 284 g/mol. The van der Waals surface area contributed by atoms with Crippen LogP contribution in [0.5, 0.6) is 0 Å². The largest absolute Gasteiger partial charge is 0.449 e. The van der Waals surface area contributed by atoms with E-state index in [0.717, 1.165) is 12.1 Å². The monoisotopic (exact) mass is 284 g/mol. The number of hydrogen-bond donors (Lipinski definition) is 2. The van der Waals surface area contributed by atoms with E-state index in [1.165, 1.54) is 20.1 Å². The van der Waals surface area contributed by atoms with Gasteiger partial charge in [-0.3, -0.25) is 4.79 Å². The first kappa shape index (κ1) is 15.9. The topological polar surface area (TPSA) is 90.6 Å². The molecule has 0 saturated heterocycles. The van der Waals surface area contributed by atoms with Crippen molar-refractivity contribution < 1.29 is 23.5 Å². The Morgan fingerprint density at radius 2 is 2.15 bits per heavy atom. The molecular formula is C13H17FN2O4. The molecule has 20 heavy (non-hydrogen) atoms. The summed E-state index contributed by atoms with van der Waals surface area (Å²) in [6.45, 7) is 2.10. The van der Waals surface area contributed by atoms with Gasteiger partial charge in [-0.25, -0.2) is 9.18 Å². The number of carbonyl (C=O) groups excluding carboxylic acids is 2. The SMILES string of the molecule is COCCNC(=O)[C@H](C)OC(=O)c1ccc(F)cc1N. The molecule has 0 aliphatic heterocycles. The minimum atomic E-state index is -0.983. The Kier molecular flexibility index (Phi) is 5.92. The van der Waals surface area contributed by atoms with E-state index in [0.29, 0.717) is 13.2 Å². The zero-order valence-electron chi connectivity index (χ0n) is 11.3. The molecule has 0 spiro atoms. The van der Waals surface area contributed by atoms with E-state index in [2.05, 4.69) is 5.32 Å².